The van der Waals surface area contributed by atoms with Crippen molar-refractivity contribution in [1.82, 2.24) is 30.9 Å². The molecule has 2 aliphatic rings. The predicted molar refractivity (Wildman–Crippen MR) is 91.3 cm³/mol. The molecule has 1 aromatic carbocycles. The number of hydrogen-bond acceptors (Lipinski definition) is 5. The summed E-state index contributed by atoms with van der Waals surface area (Å²) in [5, 5.41) is 10.1. The molecule has 1 aliphatic carbocycles. The maximum Gasteiger partial charge on any atom is 0.226 e. The molecule has 126 valence electrons. The Balaban J connectivity index is 1.43. The highest BCUT2D eigenvalue weighted by Gasteiger charge is 2.34. The molecule has 2 heterocycles. The van der Waals surface area contributed by atoms with E-state index in [1.165, 1.54) is 0 Å². The summed E-state index contributed by atoms with van der Waals surface area (Å²) in [6.07, 6.45) is 2.25. The topological polar surface area (TPSA) is 86.8 Å². The van der Waals surface area contributed by atoms with Crippen LogP contribution in [0.2, 0.25) is 0 Å². The second kappa shape index (κ2) is 6.46. The van der Waals surface area contributed by atoms with Gasteiger partial charge < -0.3 is 5.32 Å². The minimum absolute atomic E-state index is 0.0117. The molecule has 1 saturated carbocycles. The van der Waals surface area contributed by atoms with E-state index in [4.69, 9.17) is 12.2 Å². The quantitative estimate of drug-likeness (QED) is 0.615. The van der Waals surface area contributed by atoms with Crippen LogP contribution in [0.15, 0.2) is 30.3 Å². The number of carbonyl (C=O) groups excluding carboxylic acids is 1. The zero-order chi connectivity index (χ0) is 16.5. The lowest BCUT2D eigenvalue weighted by Crippen LogP contribution is -2.35. The van der Waals surface area contributed by atoms with E-state index in [1.807, 2.05) is 34.9 Å². The Morgan fingerprint density at radius 1 is 1.33 bits per heavy atom. The summed E-state index contributed by atoms with van der Waals surface area (Å²) in [7, 11) is 0. The first-order chi connectivity index (χ1) is 11.7. The molecular formula is C16H20N6OS. The second-order valence-corrected chi connectivity index (χ2v) is 6.67. The van der Waals surface area contributed by atoms with Crippen LogP contribution >= 0.6 is 12.2 Å². The SMILES string of the molecule is O=C(NCc1n[nH]c(=S)n1C1CC1)C1CNNC1c1ccccc1. The summed E-state index contributed by atoms with van der Waals surface area (Å²) in [4.78, 5) is 12.6. The minimum atomic E-state index is -0.163. The average molecular weight is 344 g/mol. The predicted octanol–water partition coefficient (Wildman–Crippen LogP) is 1.36. The van der Waals surface area contributed by atoms with E-state index < -0.39 is 0 Å². The van der Waals surface area contributed by atoms with Gasteiger partial charge in [0.15, 0.2) is 10.6 Å². The standard InChI is InChI=1S/C16H20N6OS/c23-15(12-8-18-20-14(12)10-4-2-1-3-5-10)17-9-13-19-21-16(24)22(13)11-6-7-11/h1-5,11-12,14,18,20H,6-9H2,(H,17,23)(H,21,24). The third kappa shape index (κ3) is 3.00. The van der Waals surface area contributed by atoms with Gasteiger partial charge in [-0.25, -0.2) is 5.43 Å². The molecule has 0 bridgehead atoms. The number of amides is 1. The number of aromatic nitrogens is 3. The smallest absolute Gasteiger partial charge is 0.226 e. The Morgan fingerprint density at radius 3 is 2.88 bits per heavy atom. The molecule has 24 heavy (non-hydrogen) atoms. The van der Waals surface area contributed by atoms with Gasteiger partial charge in [-0.05, 0) is 30.6 Å². The maximum absolute atomic E-state index is 12.6. The van der Waals surface area contributed by atoms with Crippen molar-refractivity contribution >= 4 is 18.1 Å². The van der Waals surface area contributed by atoms with E-state index in [0.717, 1.165) is 24.2 Å². The summed E-state index contributed by atoms with van der Waals surface area (Å²) < 4.78 is 2.66. The van der Waals surface area contributed by atoms with Crippen LogP contribution in [-0.4, -0.2) is 27.2 Å². The monoisotopic (exact) mass is 344 g/mol. The van der Waals surface area contributed by atoms with Gasteiger partial charge in [0.05, 0.1) is 18.5 Å². The van der Waals surface area contributed by atoms with Crippen molar-refractivity contribution in [3.05, 3.63) is 46.5 Å². The minimum Gasteiger partial charge on any atom is -0.348 e. The Labute approximate surface area is 144 Å². The third-order valence-corrected chi connectivity index (χ3v) is 4.88. The molecule has 4 rings (SSSR count). The number of hydrazine groups is 1. The van der Waals surface area contributed by atoms with Crippen molar-refractivity contribution in [1.29, 1.82) is 0 Å². The molecular weight excluding hydrogens is 324 g/mol. The highest BCUT2D eigenvalue weighted by atomic mass is 32.1. The summed E-state index contributed by atoms with van der Waals surface area (Å²) in [5.41, 5.74) is 7.38. The molecule has 7 nitrogen and oxygen atoms in total. The average Bonchev–Trinajstić information content (AvgIpc) is 3.19. The lowest BCUT2D eigenvalue weighted by molar-refractivity contribution is -0.125. The first kappa shape index (κ1) is 15.5. The fraction of sp³-hybridized carbons (Fsp3) is 0.438. The highest BCUT2D eigenvalue weighted by molar-refractivity contribution is 7.71. The fourth-order valence-electron chi connectivity index (χ4n) is 3.19. The molecule has 2 unspecified atom stereocenters. The van der Waals surface area contributed by atoms with E-state index in [2.05, 4.69) is 26.4 Å². The summed E-state index contributed by atoms with van der Waals surface area (Å²) in [5.74, 6) is 0.646. The molecule has 4 N–H and O–H groups in total. The number of rotatable bonds is 5. The van der Waals surface area contributed by atoms with E-state index in [9.17, 15) is 4.79 Å². The van der Waals surface area contributed by atoms with Crippen LogP contribution in [0.1, 0.15) is 36.3 Å². The largest absolute Gasteiger partial charge is 0.348 e. The van der Waals surface area contributed by atoms with Crippen molar-refractivity contribution in [3.63, 3.8) is 0 Å². The summed E-state index contributed by atoms with van der Waals surface area (Å²) in [6.45, 7) is 0.987. The van der Waals surface area contributed by atoms with E-state index in [0.29, 0.717) is 23.9 Å². The zero-order valence-corrected chi connectivity index (χ0v) is 14.0. The van der Waals surface area contributed by atoms with E-state index >= 15 is 0 Å². The van der Waals surface area contributed by atoms with Crippen LogP contribution in [0.5, 0.6) is 0 Å². The molecule has 2 aromatic rings. The number of benzene rings is 1. The lowest BCUT2D eigenvalue weighted by Gasteiger charge is -2.18. The van der Waals surface area contributed by atoms with Crippen LogP contribution in [0.3, 0.4) is 0 Å². The molecule has 1 aliphatic heterocycles. The van der Waals surface area contributed by atoms with Gasteiger partial charge in [0, 0.05) is 12.6 Å². The van der Waals surface area contributed by atoms with E-state index in [1.54, 1.807) is 0 Å². The molecule has 1 aromatic heterocycles. The van der Waals surface area contributed by atoms with Gasteiger partial charge >= 0.3 is 0 Å². The van der Waals surface area contributed by atoms with Gasteiger partial charge in [0.2, 0.25) is 5.91 Å². The highest BCUT2D eigenvalue weighted by Crippen LogP contribution is 2.35. The molecule has 1 amide bonds. The van der Waals surface area contributed by atoms with Crippen molar-refractivity contribution in [2.75, 3.05) is 6.54 Å². The van der Waals surface area contributed by atoms with Crippen LogP contribution in [0.4, 0.5) is 0 Å². The maximum atomic E-state index is 12.6. The molecule has 2 fully saturated rings. The van der Waals surface area contributed by atoms with Crippen LogP contribution in [0, 0.1) is 10.7 Å². The molecule has 0 radical (unpaired) electrons. The van der Waals surface area contributed by atoms with Gasteiger partial charge in [-0.1, -0.05) is 30.3 Å². The summed E-state index contributed by atoms with van der Waals surface area (Å²) in [6, 6.07) is 10.4. The first-order valence-electron chi connectivity index (χ1n) is 8.21. The summed E-state index contributed by atoms with van der Waals surface area (Å²) >= 11 is 5.27. The van der Waals surface area contributed by atoms with Crippen LogP contribution < -0.4 is 16.2 Å². The number of hydrogen-bond donors (Lipinski definition) is 4. The Morgan fingerprint density at radius 2 is 2.12 bits per heavy atom. The second-order valence-electron chi connectivity index (χ2n) is 6.28. The Kier molecular flexibility index (Phi) is 4.17. The van der Waals surface area contributed by atoms with Gasteiger partial charge in [-0.15, -0.1) is 0 Å². The van der Waals surface area contributed by atoms with Crippen LogP contribution in [0.25, 0.3) is 0 Å². The molecule has 1 saturated heterocycles. The van der Waals surface area contributed by atoms with E-state index in [-0.39, 0.29) is 17.9 Å². The zero-order valence-electron chi connectivity index (χ0n) is 13.2. The third-order valence-electron chi connectivity index (χ3n) is 4.59. The van der Waals surface area contributed by atoms with Crippen molar-refractivity contribution in [3.8, 4) is 0 Å². The number of nitrogens with zero attached hydrogens (tertiary/aromatic N) is 2. The van der Waals surface area contributed by atoms with Crippen LogP contribution in [-0.2, 0) is 11.3 Å². The fourth-order valence-corrected chi connectivity index (χ4v) is 3.49. The van der Waals surface area contributed by atoms with Gasteiger partial charge in [0.1, 0.15) is 0 Å². The molecule has 0 spiro atoms. The van der Waals surface area contributed by atoms with Crippen molar-refractivity contribution in [2.45, 2.75) is 31.5 Å². The van der Waals surface area contributed by atoms with Gasteiger partial charge in [-0.3, -0.25) is 19.9 Å². The lowest BCUT2D eigenvalue weighted by atomic mass is 9.94. The van der Waals surface area contributed by atoms with Gasteiger partial charge in [0.25, 0.3) is 0 Å². The molecule has 2 atom stereocenters. The van der Waals surface area contributed by atoms with Crippen molar-refractivity contribution in [2.24, 2.45) is 5.92 Å². The molecule has 8 heteroatoms. The van der Waals surface area contributed by atoms with Gasteiger partial charge in [-0.2, -0.15) is 5.10 Å². The number of carbonyl (C=O) groups is 1. The van der Waals surface area contributed by atoms with Crippen molar-refractivity contribution < 1.29 is 4.79 Å². The number of H-pyrrole nitrogens is 1. The number of aromatic amines is 1. The number of nitrogens with one attached hydrogen (secondary N) is 4. The Hall–Kier alpha value is -2.03. The normalized spacial score (nSPS) is 23.3. The Bertz CT molecular complexity index is 781. The first-order valence-corrected chi connectivity index (χ1v) is 8.61.